The van der Waals surface area contributed by atoms with E-state index in [1.165, 1.54) is 5.56 Å². The van der Waals surface area contributed by atoms with E-state index in [0.717, 1.165) is 51.7 Å². The van der Waals surface area contributed by atoms with Gasteiger partial charge in [0.05, 0.1) is 35.1 Å². The number of benzene rings is 2. The maximum Gasteiger partial charge on any atom is 0.220 e. The maximum absolute atomic E-state index is 11.5. The monoisotopic (exact) mass is 672 g/mol. The van der Waals surface area contributed by atoms with Crippen molar-refractivity contribution in [3.05, 3.63) is 88.2 Å². The van der Waals surface area contributed by atoms with Crippen molar-refractivity contribution in [2.75, 3.05) is 33.9 Å². The summed E-state index contributed by atoms with van der Waals surface area (Å²) in [6, 6.07) is 18.0. The van der Waals surface area contributed by atoms with Crippen LogP contribution in [0.3, 0.4) is 0 Å². The third-order valence-electron chi connectivity index (χ3n) is 8.65. The average Bonchev–Trinajstić information content (AvgIpc) is 3.62. The summed E-state index contributed by atoms with van der Waals surface area (Å²) in [6.07, 6.45) is 5.30. The van der Waals surface area contributed by atoms with Crippen LogP contribution in [-0.4, -0.2) is 70.3 Å². The van der Waals surface area contributed by atoms with E-state index in [0.29, 0.717) is 53.4 Å². The predicted octanol–water partition coefficient (Wildman–Crippen LogP) is 6.08. The summed E-state index contributed by atoms with van der Waals surface area (Å²) < 4.78 is 7.76. The maximum atomic E-state index is 11.5. The van der Waals surface area contributed by atoms with E-state index in [2.05, 4.69) is 43.4 Å². The highest BCUT2D eigenvalue weighted by Crippen LogP contribution is 2.42. The van der Waals surface area contributed by atoms with Crippen LogP contribution in [0, 0.1) is 0 Å². The number of ether oxygens (including phenoxy) is 1. The third kappa shape index (κ3) is 7.00. The van der Waals surface area contributed by atoms with Gasteiger partial charge in [-0.1, -0.05) is 59.6 Å². The highest BCUT2D eigenvalue weighted by molar-refractivity contribution is 6.39. The van der Waals surface area contributed by atoms with Crippen LogP contribution in [-0.2, 0) is 24.9 Å². The second kappa shape index (κ2) is 14.4. The minimum atomic E-state index is 0.103. The lowest BCUT2D eigenvalue weighted by Crippen LogP contribution is -2.35. The summed E-state index contributed by atoms with van der Waals surface area (Å²) in [5, 5.41) is 17.9. The fraction of sp³-hybridized carbons (Fsp3) is 0.306. The van der Waals surface area contributed by atoms with Crippen molar-refractivity contribution in [1.82, 2.24) is 30.1 Å². The van der Waals surface area contributed by atoms with Crippen molar-refractivity contribution >= 4 is 40.0 Å². The number of likely N-dealkylation sites (N-methyl/N-ethyl adjacent to an activating group) is 1. The molecule has 0 spiro atoms. The Hall–Kier alpha value is -3.99. The number of aliphatic hydroxyl groups is 1. The molecule has 244 valence electrons. The molecule has 1 aliphatic rings. The SMILES string of the molecule is COc1nc(-c2cccc(-c3ccnc(-c4ccc5c(CN(C)CCO)cn(C)c5c4)c3Cl)c2Cl)ccc1CNCC1CCC(=O)N1. The largest absolute Gasteiger partial charge is 0.481 e. The Labute approximate surface area is 284 Å². The number of aryl methyl sites for hydroxylation is 1. The number of aromatic nitrogens is 3. The van der Waals surface area contributed by atoms with Gasteiger partial charge in [0.1, 0.15) is 0 Å². The van der Waals surface area contributed by atoms with Crippen LogP contribution in [0.2, 0.25) is 10.0 Å². The molecule has 3 N–H and O–H groups in total. The first-order chi connectivity index (χ1) is 22.8. The molecule has 3 aromatic heterocycles. The lowest BCUT2D eigenvalue weighted by atomic mass is 9.99. The molecular weight excluding hydrogens is 635 g/mol. The van der Waals surface area contributed by atoms with E-state index < -0.39 is 0 Å². The molecule has 47 heavy (non-hydrogen) atoms. The van der Waals surface area contributed by atoms with Crippen LogP contribution in [0.15, 0.2) is 67.0 Å². The van der Waals surface area contributed by atoms with E-state index in [-0.39, 0.29) is 18.6 Å². The zero-order valence-electron chi connectivity index (χ0n) is 26.7. The van der Waals surface area contributed by atoms with E-state index in [1.807, 2.05) is 56.6 Å². The minimum Gasteiger partial charge on any atom is -0.481 e. The zero-order chi connectivity index (χ0) is 33.1. The molecule has 4 heterocycles. The first-order valence-electron chi connectivity index (χ1n) is 15.6. The van der Waals surface area contributed by atoms with Gasteiger partial charge in [-0.2, -0.15) is 0 Å². The number of pyridine rings is 2. The Morgan fingerprint density at radius 1 is 1.09 bits per heavy atom. The van der Waals surface area contributed by atoms with Crippen molar-refractivity contribution < 1.29 is 14.6 Å². The highest BCUT2D eigenvalue weighted by atomic mass is 35.5. The molecule has 0 bridgehead atoms. The number of amides is 1. The van der Waals surface area contributed by atoms with E-state index in [1.54, 1.807) is 13.3 Å². The Kier molecular flexibility index (Phi) is 10.1. The molecule has 5 aromatic rings. The number of halogens is 2. The van der Waals surface area contributed by atoms with Crippen molar-refractivity contribution in [2.24, 2.45) is 7.05 Å². The zero-order valence-corrected chi connectivity index (χ0v) is 28.2. The standard InChI is InChI=1S/C36H38Cl2N6O3/c1-43(15-16-45)20-24-21-44(2)31-17-22(7-10-26(24)31)35-34(38)28(13-14-40-35)27-5-4-6-29(33(27)37)30-11-8-23(36(42-30)47-3)18-39-19-25-9-12-32(46)41-25/h4-8,10-11,13-14,17,21,25,39,45H,9,12,15-16,18-20H2,1-3H3,(H,41,46). The van der Waals surface area contributed by atoms with Gasteiger partial charge in [0.15, 0.2) is 0 Å². The molecule has 1 amide bonds. The van der Waals surface area contributed by atoms with Crippen molar-refractivity contribution in [3.63, 3.8) is 0 Å². The van der Waals surface area contributed by atoms with Gasteiger partial charge in [0, 0.05) is 96.8 Å². The number of hydrogen-bond donors (Lipinski definition) is 3. The normalized spacial score (nSPS) is 14.7. The average molecular weight is 674 g/mol. The van der Waals surface area contributed by atoms with Crippen LogP contribution >= 0.6 is 23.2 Å². The van der Waals surface area contributed by atoms with Crippen LogP contribution in [0.5, 0.6) is 5.88 Å². The van der Waals surface area contributed by atoms with Crippen LogP contribution in [0.4, 0.5) is 0 Å². The second-order valence-corrected chi connectivity index (χ2v) is 12.7. The summed E-state index contributed by atoms with van der Waals surface area (Å²) in [5.41, 5.74) is 7.73. The number of carbonyl (C=O) groups excluding carboxylic acids is 1. The molecule has 2 aromatic carbocycles. The molecule has 1 atom stereocenters. The Morgan fingerprint density at radius 2 is 1.89 bits per heavy atom. The second-order valence-electron chi connectivity index (χ2n) is 11.9. The molecule has 0 aliphatic carbocycles. The molecule has 0 saturated carbocycles. The number of nitrogens with one attached hydrogen (secondary N) is 2. The number of nitrogens with zero attached hydrogens (tertiary/aromatic N) is 4. The third-order valence-corrected chi connectivity index (χ3v) is 9.44. The van der Waals surface area contributed by atoms with Gasteiger partial charge < -0.3 is 25.0 Å². The number of rotatable bonds is 12. The minimum absolute atomic E-state index is 0.103. The molecule has 0 radical (unpaired) electrons. The van der Waals surface area contributed by atoms with Gasteiger partial charge in [0.2, 0.25) is 11.8 Å². The summed E-state index contributed by atoms with van der Waals surface area (Å²) in [5.74, 6) is 0.612. The highest BCUT2D eigenvalue weighted by Gasteiger charge is 2.21. The smallest absolute Gasteiger partial charge is 0.220 e. The summed E-state index contributed by atoms with van der Waals surface area (Å²) in [7, 11) is 5.63. The Morgan fingerprint density at radius 3 is 2.66 bits per heavy atom. The van der Waals surface area contributed by atoms with Gasteiger partial charge >= 0.3 is 0 Å². The van der Waals surface area contributed by atoms with Crippen LogP contribution in [0.1, 0.15) is 24.0 Å². The number of hydrogen-bond acceptors (Lipinski definition) is 7. The van der Waals surface area contributed by atoms with Gasteiger partial charge in [0.25, 0.3) is 0 Å². The Balaban J connectivity index is 1.27. The first kappa shape index (κ1) is 32.9. The van der Waals surface area contributed by atoms with Crippen molar-refractivity contribution in [1.29, 1.82) is 0 Å². The topological polar surface area (TPSA) is 105 Å². The van der Waals surface area contributed by atoms with Crippen LogP contribution in [0.25, 0.3) is 44.5 Å². The van der Waals surface area contributed by atoms with Crippen LogP contribution < -0.4 is 15.4 Å². The van der Waals surface area contributed by atoms with Crippen molar-refractivity contribution in [3.8, 4) is 39.5 Å². The predicted molar refractivity (Wildman–Crippen MR) is 188 cm³/mol. The van der Waals surface area contributed by atoms with E-state index in [9.17, 15) is 9.90 Å². The first-order valence-corrected chi connectivity index (χ1v) is 16.4. The molecule has 1 unspecified atom stereocenters. The quantitative estimate of drug-likeness (QED) is 0.148. The fourth-order valence-corrected chi connectivity index (χ4v) is 6.86. The molecule has 1 saturated heterocycles. The summed E-state index contributed by atoms with van der Waals surface area (Å²) in [6.45, 7) is 2.71. The molecule has 1 fully saturated rings. The molecular formula is C36H38Cl2N6O3. The summed E-state index contributed by atoms with van der Waals surface area (Å²) >= 11 is 14.2. The number of fused-ring (bicyclic) bond motifs is 1. The lowest BCUT2D eigenvalue weighted by molar-refractivity contribution is -0.119. The molecule has 11 heteroatoms. The Bertz CT molecular complexity index is 1930. The number of aliphatic hydroxyl groups excluding tert-OH is 1. The number of carbonyl (C=O) groups is 1. The van der Waals surface area contributed by atoms with E-state index in [4.69, 9.17) is 32.9 Å². The molecule has 6 rings (SSSR count). The molecule has 9 nitrogen and oxygen atoms in total. The van der Waals surface area contributed by atoms with Gasteiger partial charge in [-0.15, -0.1) is 0 Å². The van der Waals surface area contributed by atoms with Gasteiger partial charge in [-0.3, -0.25) is 14.7 Å². The van der Waals surface area contributed by atoms with Gasteiger partial charge in [-0.25, -0.2) is 4.98 Å². The fourth-order valence-electron chi connectivity index (χ4n) is 6.21. The molecule has 1 aliphatic heterocycles. The lowest BCUT2D eigenvalue weighted by Gasteiger charge is -2.15. The van der Waals surface area contributed by atoms with E-state index >= 15 is 0 Å². The van der Waals surface area contributed by atoms with Crippen molar-refractivity contribution in [2.45, 2.75) is 32.0 Å². The summed E-state index contributed by atoms with van der Waals surface area (Å²) in [4.78, 5) is 23.1. The number of methoxy groups -OCH3 is 1. The van der Waals surface area contributed by atoms with Gasteiger partial charge in [-0.05, 0) is 37.2 Å².